The summed E-state index contributed by atoms with van der Waals surface area (Å²) in [6.45, 7) is 0. The molecule has 0 saturated heterocycles. The van der Waals surface area contributed by atoms with Gasteiger partial charge in [-0.1, -0.05) is 0 Å². The van der Waals surface area contributed by atoms with Gasteiger partial charge in [-0.15, -0.1) is 11.3 Å². The van der Waals surface area contributed by atoms with Gasteiger partial charge in [-0.3, -0.25) is 4.57 Å². The number of benzene rings is 2. The number of nitrogen functional groups attached to an aromatic ring is 2. The number of thiazole rings is 1. The van der Waals surface area contributed by atoms with Crippen LogP contribution in [0.25, 0.3) is 38.5 Å². The molecule has 4 N–H and O–H groups in total. The van der Waals surface area contributed by atoms with E-state index in [9.17, 15) is 0 Å². The fraction of sp³-hybridized carbons (Fsp3) is 0.143. The average molecular weight is 431 g/mol. The van der Waals surface area contributed by atoms with E-state index in [1.165, 1.54) is 11.3 Å². The first-order valence-electron chi connectivity index (χ1n) is 9.51. The minimum absolute atomic E-state index is 0.161. The Morgan fingerprint density at radius 2 is 1.84 bits per heavy atom. The molecule has 154 valence electrons. The van der Waals surface area contributed by atoms with Crippen LogP contribution in [0.15, 0.2) is 29.8 Å². The molecule has 5 aromatic rings. The second-order valence-corrected chi connectivity index (χ2v) is 8.10. The minimum atomic E-state index is 0.161. The first kappa shape index (κ1) is 17.9. The van der Waals surface area contributed by atoms with Crippen molar-refractivity contribution in [1.29, 1.82) is 0 Å². The van der Waals surface area contributed by atoms with E-state index >= 15 is 0 Å². The lowest BCUT2D eigenvalue weighted by Crippen LogP contribution is -2.17. The molecule has 0 amide bonds. The molecular weight excluding hydrogens is 414 g/mol. The third-order valence-electron chi connectivity index (χ3n) is 5.56. The summed E-state index contributed by atoms with van der Waals surface area (Å²) >= 11 is 1.53. The van der Waals surface area contributed by atoms with Crippen LogP contribution in [0.2, 0.25) is 0 Å². The number of hydrogen-bond acceptors (Lipinski definition) is 9. The van der Waals surface area contributed by atoms with Crippen LogP contribution in [0.1, 0.15) is 11.1 Å². The van der Waals surface area contributed by atoms with Gasteiger partial charge in [0.15, 0.2) is 22.3 Å². The number of nitrogens with zero attached hydrogens (tertiary/aromatic N) is 5. The van der Waals surface area contributed by atoms with Crippen LogP contribution in [0.4, 0.5) is 11.8 Å². The molecule has 0 fully saturated rings. The van der Waals surface area contributed by atoms with Crippen LogP contribution in [0, 0.1) is 0 Å². The Morgan fingerprint density at radius 3 is 2.58 bits per heavy atom. The summed E-state index contributed by atoms with van der Waals surface area (Å²) in [7, 11) is 3.23. The summed E-state index contributed by atoms with van der Waals surface area (Å²) in [4.78, 5) is 18.0. The molecular formula is C21H17N7O2S. The summed E-state index contributed by atoms with van der Waals surface area (Å²) in [6, 6.07) is 5.84. The molecule has 1 aliphatic carbocycles. The molecule has 2 aromatic carbocycles. The Hall–Kier alpha value is -3.92. The molecule has 0 radical (unpaired) electrons. The Bertz CT molecular complexity index is 1510. The van der Waals surface area contributed by atoms with Crippen molar-refractivity contribution in [1.82, 2.24) is 24.5 Å². The van der Waals surface area contributed by atoms with Gasteiger partial charge in [0.05, 0.1) is 36.5 Å². The Morgan fingerprint density at radius 1 is 1.03 bits per heavy atom. The molecule has 0 aliphatic heterocycles. The highest BCUT2D eigenvalue weighted by Gasteiger charge is 2.30. The molecule has 10 heteroatoms. The van der Waals surface area contributed by atoms with Crippen molar-refractivity contribution in [2.75, 3.05) is 25.7 Å². The highest BCUT2D eigenvalue weighted by atomic mass is 32.1. The summed E-state index contributed by atoms with van der Waals surface area (Å²) in [5.74, 6) is 2.54. The summed E-state index contributed by atoms with van der Waals surface area (Å²) in [5, 5.41) is 3.56. The molecule has 3 aromatic heterocycles. The number of methoxy groups -OCH3 is 2. The number of nitrogens with two attached hydrogens (primary N) is 2. The maximum absolute atomic E-state index is 6.10. The van der Waals surface area contributed by atoms with Crippen molar-refractivity contribution in [3.63, 3.8) is 0 Å². The van der Waals surface area contributed by atoms with Gasteiger partial charge >= 0.3 is 0 Å². The van der Waals surface area contributed by atoms with Crippen LogP contribution >= 0.6 is 11.3 Å². The monoisotopic (exact) mass is 431 g/mol. The smallest absolute Gasteiger partial charge is 0.222 e. The fourth-order valence-corrected chi connectivity index (χ4v) is 4.81. The van der Waals surface area contributed by atoms with Crippen LogP contribution in [0.3, 0.4) is 0 Å². The van der Waals surface area contributed by atoms with E-state index in [2.05, 4.69) is 19.5 Å². The lowest BCUT2D eigenvalue weighted by molar-refractivity contribution is 0.355. The van der Waals surface area contributed by atoms with Gasteiger partial charge in [0.1, 0.15) is 5.82 Å². The predicted molar refractivity (Wildman–Crippen MR) is 120 cm³/mol. The number of aromatic nitrogens is 5. The molecule has 31 heavy (non-hydrogen) atoms. The van der Waals surface area contributed by atoms with Crippen molar-refractivity contribution >= 4 is 45.0 Å². The molecule has 0 saturated carbocycles. The highest BCUT2D eigenvalue weighted by Crippen LogP contribution is 2.45. The van der Waals surface area contributed by atoms with Crippen LogP contribution in [-0.2, 0) is 6.42 Å². The van der Waals surface area contributed by atoms with Crippen LogP contribution < -0.4 is 20.9 Å². The topological polar surface area (TPSA) is 127 Å². The average Bonchev–Trinajstić information content (AvgIpc) is 3.40. The standard InChI is InChI=1S/C21H17N7O2S/c1-29-14-7-12-13(8-15(14)30-2)28(19(25-12)20-24-3-4-31-20)17-9-5-10(17)16-11(6-9)18(22)27-21(23)26-16/h3-4,6-8H,5H2,1-2H3,(H4,22,23,26,27). The van der Waals surface area contributed by atoms with E-state index in [1.54, 1.807) is 20.4 Å². The van der Waals surface area contributed by atoms with E-state index in [4.69, 9.17) is 25.9 Å². The Balaban J connectivity index is 1.72. The zero-order valence-electron chi connectivity index (χ0n) is 16.7. The Labute approximate surface area is 180 Å². The third-order valence-corrected chi connectivity index (χ3v) is 6.33. The normalized spacial score (nSPS) is 12.3. The molecule has 1 aliphatic rings. The number of hydrogen-bond donors (Lipinski definition) is 2. The van der Waals surface area contributed by atoms with Gasteiger partial charge in [-0.2, -0.15) is 4.98 Å². The third kappa shape index (κ3) is 2.42. The van der Waals surface area contributed by atoms with Crippen molar-refractivity contribution in [2.24, 2.45) is 0 Å². The van der Waals surface area contributed by atoms with Gasteiger partial charge in [-0.05, 0) is 11.6 Å². The number of anilines is 2. The summed E-state index contributed by atoms with van der Waals surface area (Å²) in [6.07, 6.45) is 2.55. The maximum Gasteiger partial charge on any atom is 0.222 e. The Kier molecular flexibility index (Phi) is 3.63. The van der Waals surface area contributed by atoms with Gasteiger partial charge in [0.25, 0.3) is 0 Å². The van der Waals surface area contributed by atoms with Crippen LogP contribution in [0.5, 0.6) is 11.5 Å². The van der Waals surface area contributed by atoms with E-state index in [0.717, 1.165) is 56.0 Å². The fourth-order valence-electron chi connectivity index (χ4n) is 4.20. The molecule has 3 heterocycles. The first-order valence-corrected chi connectivity index (χ1v) is 10.4. The zero-order valence-corrected chi connectivity index (χ0v) is 17.5. The number of imidazole rings is 1. The highest BCUT2D eigenvalue weighted by molar-refractivity contribution is 7.13. The lowest BCUT2D eigenvalue weighted by Gasteiger charge is -2.27. The molecule has 9 nitrogen and oxygen atoms in total. The minimum Gasteiger partial charge on any atom is -0.493 e. The predicted octanol–water partition coefficient (Wildman–Crippen LogP) is 3.18. The molecule has 0 atom stereocenters. The largest absolute Gasteiger partial charge is 0.493 e. The summed E-state index contributed by atoms with van der Waals surface area (Å²) in [5.41, 5.74) is 17.6. The summed E-state index contributed by atoms with van der Waals surface area (Å²) < 4.78 is 13.1. The van der Waals surface area contributed by atoms with E-state index in [0.29, 0.717) is 17.3 Å². The van der Waals surface area contributed by atoms with E-state index in [1.807, 2.05) is 23.6 Å². The maximum atomic E-state index is 6.10. The van der Waals surface area contributed by atoms with Crippen LogP contribution in [-0.4, -0.2) is 38.7 Å². The van der Waals surface area contributed by atoms with Gasteiger partial charge in [-0.25, -0.2) is 15.0 Å². The van der Waals surface area contributed by atoms with E-state index < -0.39 is 0 Å². The van der Waals surface area contributed by atoms with Crippen molar-refractivity contribution in [3.8, 4) is 28.0 Å². The lowest BCUT2D eigenvalue weighted by atomic mass is 9.85. The van der Waals surface area contributed by atoms with Crippen molar-refractivity contribution < 1.29 is 9.47 Å². The van der Waals surface area contributed by atoms with E-state index in [-0.39, 0.29) is 5.95 Å². The van der Waals surface area contributed by atoms with Crippen molar-refractivity contribution in [2.45, 2.75) is 6.42 Å². The van der Waals surface area contributed by atoms with Gasteiger partial charge in [0, 0.05) is 41.1 Å². The number of rotatable bonds is 4. The SMILES string of the molecule is COc1cc2nc(-c3nccs3)n(-c3c4cc5c(N)nc(N)nc5c3C4)c2cc1OC. The van der Waals surface area contributed by atoms with Crippen molar-refractivity contribution in [3.05, 3.63) is 40.9 Å². The molecule has 6 rings (SSSR count). The number of ether oxygens (including phenoxy) is 2. The second kappa shape index (κ2) is 6.29. The number of fused-ring (bicyclic) bond motifs is 5. The molecule has 0 spiro atoms. The first-order chi connectivity index (χ1) is 15.1. The molecule has 0 unspecified atom stereocenters. The molecule has 2 bridgehead atoms. The quantitative estimate of drug-likeness (QED) is 0.436. The van der Waals surface area contributed by atoms with Gasteiger partial charge < -0.3 is 20.9 Å². The zero-order chi connectivity index (χ0) is 21.3. The van der Waals surface area contributed by atoms with Gasteiger partial charge in [0.2, 0.25) is 5.95 Å². The second-order valence-electron chi connectivity index (χ2n) is 7.21.